The van der Waals surface area contributed by atoms with Gasteiger partial charge < -0.3 is 29.4 Å². The fourth-order valence-corrected chi connectivity index (χ4v) is 15.1. The molecule has 0 unspecified atom stereocenters. The molecule has 0 N–H and O–H groups in total. The first kappa shape index (κ1) is 53.1. The Morgan fingerprint density at radius 3 is 0.778 bits per heavy atom. The number of para-hydroxylation sites is 10. The molecule has 4 aliphatic rings. The van der Waals surface area contributed by atoms with Crippen LogP contribution in [0.2, 0.25) is 0 Å². The third kappa shape index (κ3) is 8.28. The molecule has 0 radical (unpaired) electrons. The number of hydrogen-bond donors (Lipinski definition) is 0. The first-order valence-corrected chi connectivity index (χ1v) is 31.3. The Morgan fingerprint density at radius 2 is 0.478 bits per heavy atom. The van der Waals surface area contributed by atoms with Crippen molar-refractivity contribution in [2.75, 3.05) is 29.4 Å². The summed E-state index contributed by atoms with van der Waals surface area (Å²) >= 11 is 0. The molecular weight excluding hydrogens is 1090 g/mol. The second-order valence-corrected chi connectivity index (χ2v) is 24.2. The van der Waals surface area contributed by atoms with Crippen molar-refractivity contribution in [3.8, 4) is 0 Å². The van der Waals surface area contributed by atoms with Gasteiger partial charge in [-0.25, -0.2) is 0 Å². The summed E-state index contributed by atoms with van der Waals surface area (Å²) in [6.07, 6.45) is 0. The molecule has 4 heterocycles. The Bertz CT molecular complexity index is 4560. The van der Waals surface area contributed by atoms with Gasteiger partial charge in [-0.2, -0.15) is 0 Å². The van der Waals surface area contributed by atoms with Crippen LogP contribution < -0.4 is 62.2 Å². The fourth-order valence-electron chi connectivity index (χ4n) is 15.1. The molecule has 8 heteroatoms. The maximum absolute atomic E-state index is 2.64. The molecule has 0 spiro atoms. The number of benzene rings is 13. The van der Waals surface area contributed by atoms with Gasteiger partial charge in [-0.1, -0.05) is 188 Å². The number of aryl methyl sites for hydroxylation is 4. The molecule has 13 aromatic rings. The van der Waals surface area contributed by atoms with Gasteiger partial charge in [-0.3, -0.25) is 0 Å². The minimum absolute atomic E-state index is 0.157. The molecule has 0 fully saturated rings. The summed E-state index contributed by atoms with van der Waals surface area (Å²) in [7, 11) is 0. The van der Waals surface area contributed by atoms with Crippen molar-refractivity contribution < 1.29 is 0 Å². The smallest absolute Gasteiger partial charge is 0.252 e. The maximum Gasteiger partial charge on any atom is 0.252 e. The summed E-state index contributed by atoms with van der Waals surface area (Å²) in [5, 5.41) is 0. The lowest BCUT2D eigenvalue weighted by molar-refractivity contribution is 1.20. The molecule has 6 nitrogen and oxygen atoms in total. The van der Waals surface area contributed by atoms with Crippen molar-refractivity contribution in [2.45, 2.75) is 27.7 Å². The van der Waals surface area contributed by atoms with Crippen molar-refractivity contribution >= 4 is 149 Å². The van der Waals surface area contributed by atoms with E-state index >= 15 is 0 Å². The van der Waals surface area contributed by atoms with E-state index in [0.29, 0.717) is 0 Å². The lowest BCUT2D eigenvalue weighted by Crippen LogP contribution is -2.65. The van der Waals surface area contributed by atoms with Crippen LogP contribution in [-0.2, 0) is 0 Å². The summed E-state index contributed by atoms with van der Waals surface area (Å²) in [5.41, 5.74) is 32.6. The van der Waals surface area contributed by atoms with Crippen molar-refractivity contribution in [2.24, 2.45) is 0 Å². The first-order valence-electron chi connectivity index (χ1n) is 31.3. The standard InChI is InChI=1S/C82H62B2N6/c1-55-29-17-23-43-69(55)89(70-44-24-18-30-56(70)2)63-49-77-81-79(51-63)87(61-37-13-7-14-38-61)75-54-76-68(53-67(75)83(81)65-41-21-27-47-73(65)85(77)59-33-9-5-10-34-59)84-66-42-22-28-48-74(66)86(60-35-11-6-12-36-60)78-50-64(52-80(82(78)84)88(76)62-39-15-8-16-40-62)90(71-45-25-19-31-57(71)3)72-46-26-20-32-58(72)4/h5-54H,1-4H3. The van der Waals surface area contributed by atoms with Crippen LogP contribution in [0.5, 0.6) is 0 Å². The highest BCUT2D eigenvalue weighted by Gasteiger charge is 2.49. The molecule has 4 aliphatic heterocycles. The normalized spacial score (nSPS) is 13.0. The quantitative estimate of drug-likeness (QED) is 0.126. The van der Waals surface area contributed by atoms with Crippen LogP contribution in [-0.4, -0.2) is 13.4 Å². The van der Waals surface area contributed by atoms with E-state index in [2.05, 4.69) is 360 Å². The predicted octanol–water partition coefficient (Wildman–Crippen LogP) is 18.0. The Labute approximate surface area is 528 Å². The second-order valence-electron chi connectivity index (χ2n) is 24.2. The number of nitrogens with zero attached hydrogens (tertiary/aromatic N) is 6. The molecular formula is C82H62B2N6. The molecule has 13 aromatic carbocycles. The maximum atomic E-state index is 2.64. The minimum atomic E-state index is -0.157. The van der Waals surface area contributed by atoms with Gasteiger partial charge in [0.2, 0.25) is 0 Å². The van der Waals surface area contributed by atoms with Gasteiger partial charge in [0.15, 0.2) is 0 Å². The van der Waals surface area contributed by atoms with E-state index in [1.165, 1.54) is 66.4 Å². The molecule has 0 aliphatic carbocycles. The SMILES string of the molecule is Cc1ccccc1N(c1cc2c3c(c1)N(c1ccccc1)c1cc4c(cc1B3c1ccccc1N2c1ccccc1)B1c2ccccc2N(c2ccccc2)c2cc(N(c3ccccc3C)c3ccccc3C)cc(c21)N4c1ccccc1)c1ccccc1C. The lowest BCUT2D eigenvalue weighted by atomic mass is 9.30. The summed E-state index contributed by atoms with van der Waals surface area (Å²) in [6, 6.07) is 113. The van der Waals surface area contributed by atoms with Gasteiger partial charge in [0.25, 0.3) is 13.4 Å². The van der Waals surface area contributed by atoms with Gasteiger partial charge in [0.05, 0.1) is 11.4 Å². The molecule has 0 amide bonds. The first-order chi connectivity index (χ1) is 44.4. The summed E-state index contributed by atoms with van der Waals surface area (Å²) < 4.78 is 0. The topological polar surface area (TPSA) is 19.4 Å². The number of fused-ring (bicyclic) bond motifs is 8. The van der Waals surface area contributed by atoms with Crippen LogP contribution in [0.4, 0.5) is 102 Å². The van der Waals surface area contributed by atoms with E-state index in [9.17, 15) is 0 Å². The predicted molar refractivity (Wildman–Crippen MR) is 383 cm³/mol. The Hall–Kier alpha value is -11.2. The van der Waals surface area contributed by atoms with Crippen LogP contribution in [0.25, 0.3) is 0 Å². The molecule has 17 rings (SSSR count). The minimum Gasteiger partial charge on any atom is -0.311 e. The van der Waals surface area contributed by atoms with E-state index in [-0.39, 0.29) is 13.4 Å². The lowest BCUT2D eigenvalue weighted by Gasteiger charge is -2.48. The Morgan fingerprint density at radius 1 is 0.222 bits per heavy atom. The third-order valence-electron chi connectivity index (χ3n) is 19.0. The second kappa shape index (κ2) is 21.3. The Balaban J connectivity index is 1.00. The van der Waals surface area contributed by atoms with Crippen LogP contribution >= 0.6 is 0 Å². The average Bonchev–Trinajstić information content (AvgIpc) is 0.696. The molecule has 0 bridgehead atoms. The number of rotatable bonds is 10. The van der Waals surface area contributed by atoms with E-state index in [1.807, 2.05) is 0 Å². The van der Waals surface area contributed by atoms with E-state index in [4.69, 9.17) is 0 Å². The van der Waals surface area contributed by atoms with Gasteiger partial charge in [0, 0.05) is 91.0 Å². The highest BCUT2D eigenvalue weighted by atomic mass is 15.2. The van der Waals surface area contributed by atoms with Crippen molar-refractivity contribution in [3.05, 3.63) is 326 Å². The summed E-state index contributed by atoms with van der Waals surface area (Å²) in [4.78, 5) is 15.2. The highest BCUT2D eigenvalue weighted by molar-refractivity contribution is 7.03. The fraction of sp³-hybridized carbons (Fsp3) is 0.0488. The van der Waals surface area contributed by atoms with Crippen LogP contribution in [0.15, 0.2) is 303 Å². The third-order valence-corrected chi connectivity index (χ3v) is 19.0. The zero-order valence-corrected chi connectivity index (χ0v) is 50.7. The van der Waals surface area contributed by atoms with Crippen LogP contribution in [0, 0.1) is 27.7 Å². The van der Waals surface area contributed by atoms with E-state index < -0.39 is 0 Å². The Kier molecular flexibility index (Phi) is 12.6. The zero-order valence-electron chi connectivity index (χ0n) is 50.7. The van der Waals surface area contributed by atoms with Crippen molar-refractivity contribution in [3.63, 3.8) is 0 Å². The molecule has 0 atom stereocenters. The molecule has 0 aromatic heterocycles. The van der Waals surface area contributed by atoms with Crippen molar-refractivity contribution in [1.29, 1.82) is 0 Å². The van der Waals surface area contributed by atoms with E-state index in [1.54, 1.807) is 0 Å². The van der Waals surface area contributed by atoms with Gasteiger partial charge in [0.1, 0.15) is 0 Å². The highest BCUT2D eigenvalue weighted by Crippen LogP contribution is 2.53. The number of anilines is 18. The monoisotopic (exact) mass is 1150 g/mol. The molecule has 0 saturated heterocycles. The number of hydrogen-bond acceptors (Lipinski definition) is 6. The van der Waals surface area contributed by atoms with E-state index in [0.717, 1.165) is 91.0 Å². The summed E-state index contributed by atoms with van der Waals surface area (Å²) in [5.74, 6) is 0. The summed E-state index contributed by atoms with van der Waals surface area (Å²) in [6.45, 7) is 8.62. The van der Waals surface area contributed by atoms with Gasteiger partial charge in [-0.15, -0.1) is 0 Å². The van der Waals surface area contributed by atoms with Crippen LogP contribution in [0.3, 0.4) is 0 Å². The molecule has 426 valence electrons. The van der Waals surface area contributed by atoms with Crippen LogP contribution in [0.1, 0.15) is 22.3 Å². The molecule has 90 heavy (non-hydrogen) atoms. The van der Waals surface area contributed by atoms with Gasteiger partial charge >= 0.3 is 0 Å². The molecule has 0 saturated carbocycles. The van der Waals surface area contributed by atoms with Gasteiger partial charge in [-0.05, 0) is 198 Å². The largest absolute Gasteiger partial charge is 0.311 e. The average molecular weight is 1150 g/mol. The zero-order chi connectivity index (χ0) is 60.1. The van der Waals surface area contributed by atoms with Crippen molar-refractivity contribution in [1.82, 2.24) is 0 Å².